The number of nitrogens with zero attached hydrogens (tertiary/aromatic N) is 2. The summed E-state index contributed by atoms with van der Waals surface area (Å²) in [5.74, 6) is -0.0746. The minimum Gasteiger partial charge on any atom is -0.373 e. The van der Waals surface area contributed by atoms with Gasteiger partial charge < -0.3 is 15.4 Å². The van der Waals surface area contributed by atoms with Crippen LogP contribution in [0.15, 0.2) is 29.2 Å². The Hall–Kier alpha value is -1.19. The van der Waals surface area contributed by atoms with Gasteiger partial charge in [-0.2, -0.15) is 4.31 Å². The molecule has 2 fully saturated rings. The van der Waals surface area contributed by atoms with Gasteiger partial charge in [0.15, 0.2) is 0 Å². The van der Waals surface area contributed by atoms with Crippen LogP contribution < -0.4 is 5.73 Å². The molecule has 2 aliphatic heterocycles. The van der Waals surface area contributed by atoms with E-state index >= 15 is 0 Å². The summed E-state index contributed by atoms with van der Waals surface area (Å²) in [5.41, 5.74) is 6.38. The second-order valence-electron chi connectivity index (χ2n) is 7.23. The van der Waals surface area contributed by atoms with E-state index in [1.54, 1.807) is 17.0 Å². The number of hydrogen-bond donors (Lipinski definition) is 1. The highest BCUT2D eigenvalue weighted by molar-refractivity contribution is 7.89. The van der Waals surface area contributed by atoms with Crippen LogP contribution in [0.4, 0.5) is 0 Å². The van der Waals surface area contributed by atoms with Gasteiger partial charge in [0.1, 0.15) is 0 Å². The van der Waals surface area contributed by atoms with Crippen molar-refractivity contribution in [2.75, 3.05) is 26.2 Å². The molecular formula is C18H28ClN3O4S. The van der Waals surface area contributed by atoms with Gasteiger partial charge in [-0.05, 0) is 51.0 Å². The average molecular weight is 418 g/mol. The first kappa shape index (κ1) is 22.1. The van der Waals surface area contributed by atoms with Crippen LogP contribution >= 0.6 is 12.4 Å². The number of ether oxygens (including phenoxy) is 1. The Kier molecular flexibility index (Phi) is 7.27. The molecule has 0 radical (unpaired) electrons. The van der Waals surface area contributed by atoms with Crippen molar-refractivity contribution < 1.29 is 17.9 Å². The van der Waals surface area contributed by atoms with Crippen LogP contribution in [0.25, 0.3) is 0 Å². The number of carbonyl (C=O) groups is 1. The Morgan fingerprint density at radius 3 is 2.11 bits per heavy atom. The largest absolute Gasteiger partial charge is 0.373 e. The van der Waals surface area contributed by atoms with Crippen LogP contribution in [0, 0.1) is 0 Å². The second-order valence-corrected chi connectivity index (χ2v) is 9.17. The van der Waals surface area contributed by atoms with Gasteiger partial charge in [0.25, 0.3) is 5.91 Å². The predicted molar refractivity (Wildman–Crippen MR) is 106 cm³/mol. The number of sulfonamides is 1. The quantitative estimate of drug-likeness (QED) is 0.803. The number of amides is 1. The first-order chi connectivity index (χ1) is 12.3. The Balaban J connectivity index is 0.00000261. The summed E-state index contributed by atoms with van der Waals surface area (Å²) in [6.45, 7) is 5.69. The molecule has 2 aliphatic rings. The van der Waals surface area contributed by atoms with Crippen molar-refractivity contribution in [3.8, 4) is 0 Å². The van der Waals surface area contributed by atoms with Gasteiger partial charge in [0.05, 0.1) is 17.1 Å². The molecule has 9 heteroatoms. The normalized spacial score (nSPS) is 25.1. The zero-order chi connectivity index (χ0) is 18.9. The van der Waals surface area contributed by atoms with Gasteiger partial charge in [-0.25, -0.2) is 8.42 Å². The molecule has 0 bridgehead atoms. The molecule has 0 spiro atoms. The minimum absolute atomic E-state index is 0. The number of rotatable bonds is 3. The van der Waals surface area contributed by atoms with E-state index in [9.17, 15) is 13.2 Å². The summed E-state index contributed by atoms with van der Waals surface area (Å²) >= 11 is 0. The molecule has 1 amide bonds. The maximum absolute atomic E-state index is 12.9. The van der Waals surface area contributed by atoms with Gasteiger partial charge >= 0.3 is 0 Å². The number of halogens is 1. The fourth-order valence-electron chi connectivity index (χ4n) is 3.53. The second kappa shape index (κ2) is 8.87. The lowest BCUT2D eigenvalue weighted by Crippen LogP contribution is -2.48. The third-order valence-corrected chi connectivity index (χ3v) is 6.80. The van der Waals surface area contributed by atoms with E-state index in [0.717, 1.165) is 12.8 Å². The first-order valence-electron chi connectivity index (χ1n) is 9.08. The fraction of sp³-hybridized carbons (Fsp3) is 0.611. The summed E-state index contributed by atoms with van der Waals surface area (Å²) in [6.07, 6.45) is 1.32. The lowest BCUT2D eigenvalue weighted by atomic mass is 10.1. The molecule has 0 saturated carbocycles. The Labute approximate surface area is 167 Å². The summed E-state index contributed by atoms with van der Waals surface area (Å²) in [7, 11) is -3.59. The zero-order valence-electron chi connectivity index (χ0n) is 15.7. The molecule has 0 aliphatic carbocycles. The lowest BCUT2D eigenvalue weighted by Gasteiger charge is -2.34. The highest BCUT2D eigenvalue weighted by Gasteiger charge is 2.32. The molecule has 0 aromatic heterocycles. The number of hydrogen-bond acceptors (Lipinski definition) is 5. The van der Waals surface area contributed by atoms with Crippen molar-refractivity contribution in [1.29, 1.82) is 0 Å². The van der Waals surface area contributed by atoms with Crippen molar-refractivity contribution >= 4 is 28.3 Å². The summed E-state index contributed by atoms with van der Waals surface area (Å²) in [5, 5.41) is 0. The molecule has 1 aromatic rings. The minimum atomic E-state index is -3.59. The van der Waals surface area contributed by atoms with Gasteiger partial charge in [-0.3, -0.25) is 4.79 Å². The van der Waals surface area contributed by atoms with Crippen molar-refractivity contribution in [3.63, 3.8) is 0 Å². The molecule has 2 atom stereocenters. The fourth-order valence-corrected chi connectivity index (χ4v) is 5.12. The molecule has 7 nitrogen and oxygen atoms in total. The monoisotopic (exact) mass is 417 g/mol. The van der Waals surface area contributed by atoms with Crippen molar-refractivity contribution in [2.24, 2.45) is 5.73 Å². The molecular weight excluding hydrogens is 390 g/mol. The molecule has 2 saturated heterocycles. The van der Waals surface area contributed by atoms with Gasteiger partial charge in [-0.1, -0.05) is 0 Å². The zero-order valence-corrected chi connectivity index (χ0v) is 17.3. The third-order valence-electron chi connectivity index (χ3n) is 4.95. The van der Waals surface area contributed by atoms with E-state index in [0.29, 0.717) is 31.7 Å². The topological polar surface area (TPSA) is 92.9 Å². The summed E-state index contributed by atoms with van der Waals surface area (Å²) in [6, 6.07) is 6.38. The first-order valence-corrected chi connectivity index (χ1v) is 10.5. The van der Waals surface area contributed by atoms with Crippen LogP contribution in [0.3, 0.4) is 0 Å². The van der Waals surface area contributed by atoms with Gasteiger partial charge in [0, 0.05) is 37.8 Å². The van der Waals surface area contributed by atoms with Crippen molar-refractivity contribution in [3.05, 3.63) is 29.8 Å². The molecule has 3 rings (SSSR count). The number of likely N-dealkylation sites (tertiary alicyclic amines) is 1. The highest BCUT2D eigenvalue weighted by Crippen LogP contribution is 2.22. The van der Waals surface area contributed by atoms with Gasteiger partial charge in [-0.15, -0.1) is 12.4 Å². The average Bonchev–Trinajstić information content (AvgIpc) is 2.61. The van der Waals surface area contributed by atoms with E-state index in [-0.39, 0.29) is 41.5 Å². The molecule has 2 heterocycles. The van der Waals surface area contributed by atoms with E-state index in [2.05, 4.69) is 0 Å². The smallest absolute Gasteiger partial charge is 0.253 e. The van der Waals surface area contributed by atoms with Crippen LogP contribution in [-0.4, -0.2) is 68.0 Å². The van der Waals surface area contributed by atoms with E-state index in [4.69, 9.17) is 10.5 Å². The predicted octanol–water partition coefficient (Wildman–Crippen LogP) is 1.47. The molecule has 152 valence electrons. The Morgan fingerprint density at radius 2 is 1.59 bits per heavy atom. The molecule has 27 heavy (non-hydrogen) atoms. The van der Waals surface area contributed by atoms with E-state index in [1.807, 2.05) is 13.8 Å². The number of nitrogens with two attached hydrogens (primary N) is 1. The SMILES string of the molecule is CC1CN(S(=O)(=O)c2ccc(C(=O)N3CCC(N)CC3)cc2)CC(C)O1.Cl. The Bertz CT molecular complexity index is 738. The van der Waals surface area contributed by atoms with Gasteiger partial charge in [0.2, 0.25) is 10.0 Å². The maximum Gasteiger partial charge on any atom is 0.253 e. The number of carbonyl (C=O) groups excluding carboxylic acids is 1. The Morgan fingerprint density at radius 1 is 1.07 bits per heavy atom. The standard InChI is InChI=1S/C18H27N3O4S.ClH/c1-13-11-21(12-14(2)25-13)26(23,24)17-5-3-15(4-6-17)18(22)20-9-7-16(19)8-10-20;/h3-6,13-14,16H,7-12,19H2,1-2H3;1H. The number of morpholine rings is 1. The molecule has 1 aromatic carbocycles. The number of piperidine rings is 1. The van der Waals surface area contributed by atoms with Crippen LogP contribution in [0.2, 0.25) is 0 Å². The van der Waals surface area contributed by atoms with Crippen LogP contribution in [-0.2, 0) is 14.8 Å². The maximum atomic E-state index is 12.9. The summed E-state index contributed by atoms with van der Waals surface area (Å²) in [4.78, 5) is 14.5. The molecule has 2 N–H and O–H groups in total. The van der Waals surface area contributed by atoms with Crippen LogP contribution in [0.5, 0.6) is 0 Å². The van der Waals surface area contributed by atoms with Crippen LogP contribution in [0.1, 0.15) is 37.0 Å². The van der Waals surface area contributed by atoms with Crippen molar-refractivity contribution in [1.82, 2.24) is 9.21 Å². The molecule has 2 unspecified atom stereocenters. The third kappa shape index (κ3) is 5.00. The summed E-state index contributed by atoms with van der Waals surface area (Å²) < 4.78 is 32.8. The number of benzene rings is 1. The van der Waals surface area contributed by atoms with E-state index < -0.39 is 10.0 Å². The van der Waals surface area contributed by atoms with Crippen molar-refractivity contribution in [2.45, 2.75) is 49.8 Å². The van der Waals surface area contributed by atoms with E-state index in [1.165, 1.54) is 16.4 Å². The highest BCUT2D eigenvalue weighted by atomic mass is 35.5. The lowest BCUT2D eigenvalue weighted by molar-refractivity contribution is -0.0440.